The molecule has 4 heterocycles. The van der Waals surface area contributed by atoms with Gasteiger partial charge in [0.2, 0.25) is 17.7 Å². The number of para-hydroxylation sites is 1. The summed E-state index contributed by atoms with van der Waals surface area (Å²) in [4.78, 5) is 17.2. The predicted octanol–water partition coefficient (Wildman–Crippen LogP) is 3.25. The van der Waals surface area contributed by atoms with Crippen LogP contribution < -0.4 is 14.2 Å². The Kier molecular flexibility index (Phi) is 6.96. The molecule has 1 aromatic carbocycles. The van der Waals surface area contributed by atoms with Crippen LogP contribution >= 0.6 is 0 Å². The number of nitrogens with one attached hydrogen (secondary N) is 1. The van der Waals surface area contributed by atoms with E-state index in [0.717, 1.165) is 5.56 Å². The van der Waals surface area contributed by atoms with Gasteiger partial charge in [0.15, 0.2) is 22.8 Å². The third kappa shape index (κ3) is 4.53. The molecule has 5 rings (SSSR count). The van der Waals surface area contributed by atoms with Crippen molar-refractivity contribution in [3.63, 3.8) is 0 Å². The van der Waals surface area contributed by atoms with E-state index in [1.165, 1.54) is 20.5 Å². The minimum absolute atomic E-state index is 0.140. The van der Waals surface area contributed by atoms with E-state index in [4.69, 9.17) is 14.0 Å². The normalized spacial score (nSPS) is 13.7. The Bertz CT molecular complexity index is 1580. The summed E-state index contributed by atoms with van der Waals surface area (Å²) in [6.45, 7) is 5.68. The standard InChI is InChI=1S/C24H25N9O4S/c1-13-10-25-20(26-11-13)14(2)15(3)38(34)32-24-30-29-21(18-16-8-6-7-9-17(16)37-31-18)33(24)19-22(35-4)27-12-28-23(19)36-5/h6-12,14-15H,1-5H3,(H,30,32). The molecule has 4 aromatic heterocycles. The minimum Gasteiger partial charge on any atom is -0.479 e. The lowest BCUT2D eigenvalue weighted by atomic mass is 10.1. The first-order valence-electron chi connectivity index (χ1n) is 11.6. The van der Waals surface area contributed by atoms with E-state index in [9.17, 15) is 4.21 Å². The molecule has 13 nitrogen and oxygen atoms in total. The summed E-state index contributed by atoms with van der Waals surface area (Å²) < 4.78 is 34.6. The maximum absolute atomic E-state index is 13.5. The molecule has 0 fully saturated rings. The molecule has 3 unspecified atom stereocenters. The van der Waals surface area contributed by atoms with Gasteiger partial charge in [0.05, 0.1) is 24.9 Å². The van der Waals surface area contributed by atoms with Crippen LogP contribution in [0.15, 0.2) is 47.5 Å². The van der Waals surface area contributed by atoms with Crippen molar-refractivity contribution in [2.24, 2.45) is 0 Å². The third-order valence-electron chi connectivity index (χ3n) is 6.06. The molecule has 0 radical (unpaired) electrons. The van der Waals surface area contributed by atoms with Gasteiger partial charge >= 0.3 is 0 Å². The van der Waals surface area contributed by atoms with Gasteiger partial charge in [0.1, 0.15) is 23.1 Å². The van der Waals surface area contributed by atoms with E-state index in [2.05, 4.69) is 40.0 Å². The summed E-state index contributed by atoms with van der Waals surface area (Å²) in [5.74, 6) is 1.17. The first kappa shape index (κ1) is 25.2. The number of hydrogen-bond donors (Lipinski definition) is 1. The fraction of sp³-hybridized carbons (Fsp3) is 0.292. The predicted molar refractivity (Wildman–Crippen MR) is 139 cm³/mol. The molecule has 0 aliphatic heterocycles. The average molecular weight is 536 g/mol. The average Bonchev–Trinajstić information content (AvgIpc) is 3.55. The molecule has 0 saturated carbocycles. The van der Waals surface area contributed by atoms with Crippen LogP contribution in [0.25, 0.3) is 28.2 Å². The quantitative estimate of drug-likeness (QED) is 0.295. The van der Waals surface area contributed by atoms with Gasteiger partial charge in [0, 0.05) is 18.3 Å². The Morgan fingerprint density at radius 2 is 1.68 bits per heavy atom. The van der Waals surface area contributed by atoms with Crippen LogP contribution in [0.3, 0.4) is 0 Å². The molecule has 0 aliphatic carbocycles. The highest BCUT2D eigenvalue weighted by molar-refractivity contribution is 7.87. The van der Waals surface area contributed by atoms with Crippen molar-refractivity contribution in [1.29, 1.82) is 0 Å². The molecule has 14 heteroatoms. The molecule has 0 amide bonds. The fourth-order valence-electron chi connectivity index (χ4n) is 3.82. The Hall–Kier alpha value is -4.46. The van der Waals surface area contributed by atoms with Crippen LogP contribution in [0.4, 0.5) is 5.95 Å². The van der Waals surface area contributed by atoms with Crippen molar-refractivity contribution in [1.82, 2.24) is 39.9 Å². The van der Waals surface area contributed by atoms with Gasteiger partial charge in [-0.15, -0.1) is 10.2 Å². The lowest BCUT2D eigenvalue weighted by Gasteiger charge is -2.19. The zero-order valence-electron chi connectivity index (χ0n) is 21.3. The van der Waals surface area contributed by atoms with E-state index in [0.29, 0.717) is 28.2 Å². The lowest BCUT2D eigenvalue weighted by molar-refractivity contribution is 0.368. The number of rotatable bonds is 9. The van der Waals surface area contributed by atoms with Gasteiger partial charge < -0.3 is 14.0 Å². The second-order valence-electron chi connectivity index (χ2n) is 8.46. The number of benzene rings is 1. The molecule has 38 heavy (non-hydrogen) atoms. The summed E-state index contributed by atoms with van der Waals surface area (Å²) in [7, 11) is 1.31. The van der Waals surface area contributed by atoms with E-state index < -0.39 is 16.2 Å². The smallest absolute Gasteiger partial charge is 0.245 e. The first-order chi connectivity index (χ1) is 18.4. The van der Waals surface area contributed by atoms with E-state index in [1.54, 1.807) is 23.0 Å². The number of aromatic nitrogens is 8. The van der Waals surface area contributed by atoms with Crippen molar-refractivity contribution in [2.75, 3.05) is 18.9 Å². The largest absolute Gasteiger partial charge is 0.479 e. The van der Waals surface area contributed by atoms with Crippen LogP contribution in [0.1, 0.15) is 31.2 Å². The minimum atomic E-state index is -1.63. The van der Waals surface area contributed by atoms with Gasteiger partial charge in [-0.25, -0.2) is 18.7 Å². The second kappa shape index (κ2) is 10.5. The second-order valence-corrected chi connectivity index (χ2v) is 10.0. The zero-order valence-corrected chi connectivity index (χ0v) is 22.1. The molecule has 3 atom stereocenters. The monoisotopic (exact) mass is 535 g/mol. The number of ether oxygens (including phenoxy) is 2. The number of anilines is 1. The zero-order chi connectivity index (χ0) is 26.8. The summed E-state index contributed by atoms with van der Waals surface area (Å²) in [6, 6.07) is 7.35. The maximum atomic E-state index is 13.5. The Balaban J connectivity index is 1.60. The van der Waals surface area contributed by atoms with Crippen LogP contribution in [0.5, 0.6) is 11.8 Å². The number of methoxy groups -OCH3 is 2. The third-order valence-corrected chi connectivity index (χ3v) is 7.53. The number of aryl methyl sites for hydroxylation is 1. The van der Waals surface area contributed by atoms with Crippen molar-refractivity contribution in [3.8, 4) is 29.0 Å². The fourth-order valence-corrected chi connectivity index (χ4v) is 4.81. The van der Waals surface area contributed by atoms with Crippen LogP contribution in [0.2, 0.25) is 0 Å². The van der Waals surface area contributed by atoms with Crippen LogP contribution in [-0.4, -0.2) is 63.5 Å². The van der Waals surface area contributed by atoms with Crippen LogP contribution in [-0.2, 0) is 11.0 Å². The molecule has 0 bridgehead atoms. The van der Waals surface area contributed by atoms with E-state index in [1.807, 2.05) is 39.0 Å². The molecule has 0 spiro atoms. The molecule has 5 aromatic rings. The first-order valence-corrected chi connectivity index (χ1v) is 12.8. The topological polar surface area (TPSA) is 156 Å². The number of fused-ring (bicyclic) bond motifs is 1. The van der Waals surface area contributed by atoms with Gasteiger partial charge in [-0.05, 0) is 31.5 Å². The van der Waals surface area contributed by atoms with Gasteiger partial charge in [-0.2, -0.15) is 9.97 Å². The van der Waals surface area contributed by atoms with Crippen molar-refractivity contribution in [2.45, 2.75) is 31.9 Å². The van der Waals surface area contributed by atoms with Gasteiger partial charge in [-0.3, -0.25) is 4.72 Å². The van der Waals surface area contributed by atoms with E-state index in [-0.39, 0.29) is 29.5 Å². The highest BCUT2D eigenvalue weighted by Gasteiger charge is 2.30. The van der Waals surface area contributed by atoms with Crippen LogP contribution in [0, 0.1) is 6.92 Å². The highest BCUT2D eigenvalue weighted by Crippen LogP contribution is 2.37. The SMILES string of the molecule is COc1ncnc(OC)c1-n1c(NS(=O)C(C)C(C)c2ncc(C)cn2)nnc1-c1noc2ccccc12. The van der Waals surface area contributed by atoms with Gasteiger partial charge in [0.25, 0.3) is 0 Å². The summed E-state index contributed by atoms with van der Waals surface area (Å²) >= 11 is 0. The van der Waals surface area contributed by atoms with E-state index >= 15 is 0 Å². The molecule has 1 N–H and O–H groups in total. The number of nitrogens with zero attached hydrogens (tertiary/aromatic N) is 8. The Morgan fingerprint density at radius 3 is 2.37 bits per heavy atom. The van der Waals surface area contributed by atoms with Crippen molar-refractivity contribution in [3.05, 3.63) is 54.4 Å². The highest BCUT2D eigenvalue weighted by atomic mass is 32.2. The molecular formula is C24H25N9O4S. The van der Waals surface area contributed by atoms with Crippen molar-refractivity contribution < 1.29 is 18.2 Å². The number of hydrogen-bond acceptors (Lipinski definition) is 11. The molecular weight excluding hydrogens is 510 g/mol. The summed E-state index contributed by atoms with van der Waals surface area (Å²) in [5, 5.41) is 13.2. The maximum Gasteiger partial charge on any atom is 0.245 e. The summed E-state index contributed by atoms with van der Waals surface area (Å²) in [6.07, 6.45) is 4.79. The Morgan fingerprint density at radius 1 is 1.00 bits per heavy atom. The molecule has 196 valence electrons. The van der Waals surface area contributed by atoms with Gasteiger partial charge in [-0.1, -0.05) is 24.2 Å². The molecule has 0 saturated heterocycles. The van der Waals surface area contributed by atoms with Crippen molar-refractivity contribution >= 4 is 27.9 Å². The molecule has 0 aliphatic rings. The summed E-state index contributed by atoms with van der Waals surface area (Å²) in [5.41, 5.74) is 2.22. The Labute approximate surface area is 220 Å². The lowest BCUT2D eigenvalue weighted by Crippen LogP contribution is -2.26.